The van der Waals surface area contributed by atoms with Gasteiger partial charge < -0.3 is 40.9 Å². The molecule has 5 rings (SSSR count). The van der Waals surface area contributed by atoms with Gasteiger partial charge in [0.2, 0.25) is 0 Å². The summed E-state index contributed by atoms with van der Waals surface area (Å²) in [5, 5.41) is 80.7. The summed E-state index contributed by atoms with van der Waals surface area (Å²) in [5.41, 5.74) is 11.5. The van der Waals surface area contributed by atoms with Gasteiger partial charge in [0.15, 0.2) is 0 Å². The maximum atomic E-state index is 11.2. The summed E-state index contributed by atoms with van der Waals surface area (Å²) in [5.74, 6) is 1.49. The standard InChI is InChI=1S/C29H42O4.C24H34O4/c1-20-16-22(10-6-8-14-30)18-25(28(20)32)27(24-12-4-3-5-13-24)26-19-23(11-7-9-15-31)17-21(2)29(26)33;1-4-7-20(21-14-18(8-5-10-25)12-16(2)23(21)27)22-15-19(9-6-11-26)13-17(3)24(22)28/h16-19,24,27,30-33H,3-15H2,1-2H3;12-15,20,25-28H,4-11H2,1-3H3. The molecule has 0 aliphatic heterocycles. The van der Waals surface area contributed by atoms with E-state index >= 15 is 0 Å². The highest BCUT2D eigenvalue weighted by molar-refractivity contribution is 5.55. The molecule has 0 aromatic heterocycles. The van der Waals surface area contributed by atoms with E-state index in [0.717, 1.165) is 133 Å². The first kappa shape index (κ1) is 49.6. The highest BCUT2D eigenvalue weighted by Gasteiger charge is 2.32. The Bertz CT molecular complexity index is 1830. The van der Waals surface area contributed by atoms with E-state index in [1.54, 1.807) is 0 Å². The lowest BCUT2D eigenvalue weighted by Gasteiger charge is -2.33. The molecule has 0 amide bonds. The van der Waals surface area contributed by atoms with Gasteiger partial charge in [-0.15, -0.1) is 0 Å². The lowest BCUT2D eigenvalue weighted by atomic mass is 9.72. The zero-order valence-electron chi connectivity index (χ0n) is 37.8. The van der Waals surface area contributed by atoms with E-state index in [1.165, 1.54) is 30.4 Å². The van der Waals surface area contributed by atoms with Crippen molar-refractivity contribution in [3.05, 3.63) is 115 Å². The predicted octanol–water partition coefficient (Wildman–Crippen LogP) is 10.6. The first-order valence-corrected chi connectivity index (χ1v) is 23.1. The fraction of sp³-hybridized carbons (Fsp3) is 0.547. The lowest BCUT2D eigenvalue weighted by Crippen LogP contribution is -2.19. The molecule has 0 spiro atoms. The van der Waals surface area contributed by atoms with Gasteiger partial charge in [0.25, 0.3) is 0 Å². The van der Waals surface area contributed by atoms with Crippen LogP contribution in [0.3, 0.4) is 0 Å². The number of aryl methyl sites for hydroxylation is 8. The summed E-state index contributed by atoms with van der Waals surface area (Å²) in [7, 11) is 0. The Morgan fingerprint density at radius 3 is 1.11 bits per heavy atom. The van der Waals surface area contributed by atoms with Gasteiger partial charge >= 0.3 is 0 Å². The number of aromatic hydroxyl groups is 4. The number of unbranched alkanes of at least 4 members (excludes halogenated alkanes) is 2. The molecule has 0 bridgehead atoms. The topological polar surface area (TPSA) is 162 Å². The molecule has 4 aromatic rings. The highest BCUT2D eigenvalue weighted by Crippen LogP contribution is 2.48. The largest absolute Gasteiger partial charge is 0.507 e. The normalized spacial score (nSPS) is 13.2. The van der Waals surface area contributed by atoms with Gasteiger partial charge in [0, 0.05) is 60.5 Å². The van der Waals surface area contributed by atoms with Gasteiger partial charge in [-0.3, -0.25) is 0 Å². The van der Waals surface area contributed by atoms with Crippen LogP contribution in [-0.2, 0) is 25.7 Å². The molecule has 8 heteroatoms. The number of phenols is 4. The number of aliphatic hydroxyl groups excluding tert-OH is 4. The van der Waals surface area contributed by atoms with E-state index in [-0.39, 0.29) is 49.8 Å². The Morgan fingerprint density at radius 2 is 0.770 bits per heavy atom. The van der Waals surface area contributed by atoms with E-state index < -0.39 is 0 Å². The molecule has 8 N–H and O–H groups in total. The van der Waals surface area contributed by atoms with Crippen molar-refractivity contribution in [1.29, 1.82) is 0 Å². The van der Waals surface area contributed by atoms with E-state index in [1.807, 2.05) is 52.0 Å². The average Bonchev–Trinajstić information content (AvgIpc) is 3.25. The molecule has 1 fully saturated rings. The number of hydrogen-bond donors (Lipinski definition) is 8. The van der Waals surface area contributed by atoms with Crippen LogP contribution in [0.4, 0.5) is 0 Å². The van der Waals surface area contributed by atoms with Crippen LogP contribution >= 0.6 is 0 Å². The van der Waals surface area contributed by atoms with Crippen molar-refractivity contribution in [2.45, 2.75) is 156 Å². The molecule has 0 radical (unpaired) electrons. The molecule has 1 saturated carbocycles. The van der Waals surface area contributed by atoms with Crippen LogP contribution in [0, 0.1) is 33.6 Å². The summed E-state index contributed by atoms with van der Waals surface area (Å²) < 4.78 is 0. The number of rotatable bonds is 21. The Morgan fingerprint density at radius 1 is 0.443 bits per heavy atom. The molecule has 336 valence electrons. The van der Waals surface area contributed by atoms with Gasteiger partial charge in [-0.05, 0) is 162 Å². The van der Waals surface area contributed by atoms with Crippen molar-refractivity contribution >= 4 is 0 Å². The maximum Gasteiger partial charge on any atom is 0.122 e. The highest BCUT2D eigenvalue weighted by atomic mass is 16.3. The third-order valence-corrected chi connectivity index (χ3v) is 12.7. The van der Waals surface area contributed by atoms with Crippen LogP contribution in [0.2, 0.25) is 0 Å². The number of phenolic OH excluding ortho intramolecular Hbond substituents is 4. The van der Waals surface area contributed by atoms with Crippen molar-refractivity contribution in [2.24, 2.45) is 5.92 Å². The van der Waals surface area contributed by atoms with E-state index in [2.05, 4.69) is 31.2 Å². The first-order chi connectivity index (χ1) is 29.4. The maximum absolute atomic E-state index is 11.2. The van der Waals surface area contributed by atoms with Gasteiger partial charge in [-0.1, -0.05) is 81.1 Å². The summed E-state index contributed by atoms with van der Waals surface area (Å²) in [4.78, 5) is 0. The molecular weight excluding hydrogens is 765 g/mol. The van der Waals surface area contributed by atoms with Crippen molar-refractivity contribution in [3.8, 4) is 23.0 Å². The van der Waals surface area contributed by atoms with E-state index in [9.17, 15) is 30.6 Å². The van der Waals surface area contributed by atoms with E-state index in [4.69, 9.17) is 10.2 Å². The second-order valence-electron chi connectivity index (χ2n) is 17.6. The zero-order chi connectivity index (χ0) is 44.5. The minimum atomic E-state index is -0.106. The van der Waals surface area contributed by atoms with Crippen molar-refractivity contribution in [2.75, 3.05) is 26.4 Å². The first-order valence-electron chi connectivity index (χ1n) is 23.1. The summed E-state index contributed by atoms with van der Waals surface area (Å²) in [6.45, 7) is 10.5. The van der Waals surface area contributed by atoms with Crippen LogP contribution in [0.5, 0.6) is 23.0 Å². The fourth-order valence-electron chi connectivity index (χ4n) is 9.48. The SMILES string of the molecule is CCCC(c1cc(CCCO)cc(C)c1O)c1cc(CCCO)cc(C)c1O.Cc1cc(CCCCO)cc(C(c2cc(CCCCO)cc(C)c2O)C2CCCCC2)c1O. The molecular formula is C53H76O8. The molecule has 0 unspecified atom stereocenters. The van der Waals surface area contributed by atoms with Crippen molar-refractivity contribution < 1.29 is 40.9 Å². The van der Waals surface area contributed by atoms with Crippen LogP contribution in [0.15, 0.2) is 48.5 Å². The van der Waals surface area contributed by atoms with Crippen LogP contribution in [0.25, 0.3) is 0 Å². The van der Waals surface area contributed by atoms with Crippen molar-refractivity contribution in [1.82, 2.24) is 0 Å². The van der Waals surface area contributed by atoms with Crippen LogP contribution in [-0.4, -0.2) is 67.3 Å². The Balaban J connectivity index is 0.000000272. The summed E-state index contributed by atoms with van der Waals surface area (Å²) in [6.07, 6.45) is 15.6. The molecule has 0 saturated heterocycles. The Hall–Kier alpha value is -4.08. The number of aliphatic hydroxyl groups is 4. The Labute approximate surface area is 366 Å². The zero-order valence-corrected chi connectivity index (χ0v) is 37.8. The van der Waals surface area contributed by atoms with Gasteiger partial charge in [0.05, 0.1) is 0 Å². The molecule has 1 aliphatic rings. The third-order valence-electron chi connectivity index (χ3n) is 12.7. The van der Waals surface area contributed by atoms with Crippen LogP contribution < -0.4 is 0 Å². The van der Waals surface area contributed by atoms with Gasteiger partial charge in [0.1, 0.15) is 23.0 Å². The summed E-state index contributed by atoms with van der Waals surface area (Å²) >= 11 is 0. The van der Waals surface area contributed by atoms with Gasteiger partial charge in [-0.25, -0.2) is 0 Å². The average molecular weight is 841 g/mol. The molecule has 0 atom stereocenters. The lowest BCUT2D eigenvalue weighted by molar-refractivity contribution is 0.284. The van der Waals surface area contributed by atoms with Crippen LogP contribution in [0.1, 0.15) is 169 Å². The molecule has 61 heavy (non-hydrogen) atoms. The second-order valence-corrected chi connectivity index (χ2v) is 17.6. The minimum absolute atomic E-state index is 0.0433. The quantitative estimate of drug-likeness (QED) is 0.0385. The Kier molecular flexibility index (Phi) is 20.4. The predicted molar refractivity (Wildman–Crippen MR) is 247 cm³/mol. The number of hydrogen-bond acceptors (Lipinski definition) is 8. The summed E-state index contributed by atoms with van der Waals surface area (Å²) in [6, 6.07) is 16.4. The smallest absolute Gasteiger partial charge is 0.122 e. The second kappa shape index (κ2) is 25.1. The molecule has 1 aliphatic carbocycles. The van der Waals surface area contributed by atoms with E-state index in [0.29, 0.717) is 30.3 Å². The third kappa shape index (κ3) is 13.7. The monoisotopic (exact) mass is 841 g/mol. The molecule has 8 nitrogen and oxygen atoms in total. The minimum Gasteiger partial charge on any atom is -0.507 e. The van der Waals surface area contributed by atoms with Gasteiger partial charge in [-0.2, -0.15) is 0 Å². The fourth-order valence-corrected chi connectivity index (χ4v) is 9.48. The van der Waals surface area contributed by atoms with Crippen molar-refractivity contribution in [3.63, 3.8) is 0 Å². The molecule has 0 heterocycles. The number of benzene rings is 4. The molecule has 4 aromatic carbocycles.